The Morgan fingerprint density at radius 3 is 2.61 bits per heavy atom. The molecule has 3 rings (SSSR count). The third-order valence-corrected chi connectivity index (χ3v) is 4.09. The van der Waals surface area contributed by atoms with Gasteiger partial charge in [0.1, 0.15) is 0 Å². The molecule has 0 saturated carbocycles. The topological polar surface area (TPSA) is 72.7 Å². The van der Waals surface area contributed by atoms with Crippen molar-refractivity contribution in [2.45, 2.75) is 26.7 Å². The maximum absolute atomic E-state index is 12.5. The van der Waals surface area contributed by atoms with Crippen LogP contribution >= 0.6 is 11.3 Å². The first-order valence-electron chi connectivity index (χ1n) is 7.29. The Morgan fingerprint density at radius 1 is 1.26 bits per heavy atom. The van der Waals surface area contributed by atoms with E-state index < -0.39 is 0 Å². The molecule has 0 aliphatic heterocycles. The summed E-state index contributed by atoms with van der Waals surface area (Å²) < 4.78 is 1.72. The smallest absolute Gasteiger partial charge is 0.279 e. The van der Waals surface area contributed by atoms with E-state index in [2.05, 4.69) is 20.6 Å². The number of anilines is 1. The van der Waals surface area contributed by atoms with Crippen molar-refractivity contribution < 1.29 is 4.79 Å². The number of carbonyl (C=O) groups excluding carboxylic acids is 1. The summed E-state index contributed by atoms with van der Waals surface area (Å²) in [5, 5.41) is 13.4. The second-order valence-corrected chi connectivity index (χ2v) is 6.41. The first-order chi connectivity index (χ1) is 11.1. The van der Waals surface area contributed by atoms with E-state index in [0.29, 0.717) is 10.8 Å². The Bertz CT molecular complexity index is 806. The molecule has 0 unspecified atom stereocenters. The lowest BCUT2D eigenvalue weighted by Crippen LogP contribution is -2.16. The van der Waals surface area contributed by atoms with Crippen molar-refractivity contribution >= 4 is 22.4 Å². The minimum absolute atomic E-state index is 0.100. The summed E-state index contributed by atoms with van der Waals surface area (Å²) in [6.07, 6.45) is 1.65. The van der Waals surface area contributed by atoms with Crippen molar-refractivity contribution in [1.82, 2.24) is 20.0 Å². The summed E-state index contributed by atoms with van der Waals surface area (Å²) >= 11 is 1.37. The van der Waals surface area contributed by atoms with Crippen molar-refractivity contribution in [2.75, 3.05) is 5.32 Å². The van der Waals surface area contributed by atoms with Gasteiger partial charge in [0, 0.05) is 11.6 Å². The first kappa shape index (κ1) is 15.4. The monoisotopic (exact) mass is 327 g/mol. The van der Waals surface area contributed by atoms with Gasteiger partial charge in [-0.2, -0.15) is 0 Å². The van der Waals surface area contributed by atoms with Crippen molar-refractivity contribution in [3.63, 3.8) is 0 Å². The summed E-state index contributed by atoms with van der Waals surface area (Å²) in [6, 6.07) is 7.96. The highest BCUT2D eigenvalue weighted by atomic mass is 32.1. The molecule has 1 amide bonds. The highest BCUT2D eigenvalue weighted by Crippen LogP contribution is 2.23. The molecule has 0 aliphatic carbocycles. The largest absolute Gasteiger partial charge is 0.296 e. The second-order valence-electron chi connectivity index (χ2n) is 5.52. The minimum Gasteiger partial charge on any atom is -0.296 e. The Hall–Kier alpha value is -2.54. The van der Waals surface area contributed by atoms with Crippen LogP contribution < -0.4 is 5.32 Å². The van der Waals surface area contributed by atoms with Crippen LogP contribution in [0.5, 0.6) is 0 Å². The number of carbonyl (C=O) groups is 1. The SMILES string of the molecule is Cc1ccc(-n2nnc(C(=O)Nc3nccs3)c2C(C)C)cc1. The lowest BCUT2D eigenvalue weighted by molar-refractivity contribution is 0.102. The van der Waals surface area contributed by atoms with Gasteiger partial charge in [0.05, 0.1) is 11.4 Å². The van der Waals surface area contributed by atoms with Crippen molar-refractivity contribution in [3.05, 3.63) is 52.8 Å². The van der Waals surface area contributed by atoms with E-state index in [4.69, 9.17) is 0 Å². The van der Waals surface area contributed by atoms with Crippen LogP contribution in [0.25, 0.3) is 5.69 Å². The number of aromatic nitrogens is 4. The predicted molar refractivity (Wildman–Crippen MR) is 90.3 cm³/mol. The van der Waals surface area contributed by atoms with Gasteiger partial charge in [-0.05, 0) is 25.0 Å². The summed E-state index contributed by atoms with van der Waals surface area (Å²) in [6.45, 7) is 6.06. The number of benzene rings is 1. The molecule has 0 spiro atoms. The van der Waals surface area contributed by atoms with Gasteiger partial charge in [0.2, 0.25) is 0 Å². The van der Waals surface area contributed by atoms with Gasteiger partial charge in [-0.3, -0.25) is 10.1 Å². The average Bonchev–Trinajstić information content (AvgIpc) is 3.16. The fraction of sp³-hybridized carbons (Fsp3) is 0.250. The normalized spacial score (nSPS) is 11.0. The fourth-order valence-electron chi connectivity index (χ4n) is 2.29. The van der Waals surface area contributed by atoms with Crippen LogP contribution in [0.4, 0.5) is 5.13 Å². The van der Waals surface area contributed by atoms with Crippen LogP contribution in [0.1, 0.15) is 41.5 Å². The fourth-order valence-corrected chi connectivity index (χ4v) is 2.81. The highest BCUT2D eigenvalue weighted by molar-refractivity contribution is 7.13. The van der Waals surface area contributed by atoms with Crippen molar-refractivity contribution in [1.29, 1.82) is 0 Å². The van der Waals surface area contributed by atoms with Gasteiger partial charge >= 0.3 is 0 Å². The molecule has 23 heavy (non-hydrogen) atoms. The Morgan fingerprint density at radius 2 is 2.00 bits per heavy atom. The van der Waals surface area contributed by atoms with E-state index in [1.54, 1.807) is 10.9 Å². The van der Waals surface area contributed by atoms with Gasteiger partial charge in [0.15, 0.2) is 10.8 Å². The summed E-state index contributed by atoms with van der Waals surface area (Å²) in [4.78, 5) is 16.5. The maximum atomic E-state index is 12.5. The highest BCUT2D eigenvalue weighted by Gasteiger charge is 2.23. The van der Waals surface area contributed by atoms with Gasteiger partial charge in [-0.25, -0.2) is 9.67 Å². The Kier molecular flexibility index (Phi) is 4.20. The molecule has 1 N–H and O–H groups in total. The van der Waals surface area contributed by atoms with Gasteiger partial charge in [0.25, 0.3) is 5.91 Å². The Balaban J connectivity index is 1.98. The molecule has 2 aromatic heterocycles. The lowest BCUT2D eigenvalue weighted by atomic mass is 10.1. The minimum atomic E-state index is -0.290. The van der Waals surface area contributed by atoms with Crippen molar-refractivity contribution in [2.24, 2.45) is 0 Å². The number of hydrogen-bond donors (Lipinski definition) is 1. The van der Waals surface area contributed by atoms with Crippen LogP contribution in [0, 0.1) is 6.92 Å². The molecular weight excluding hydrogens is 310 g/mol. The molecule has 0 bridgehead atoms. The standard InChI is InChI=1S/C16H17N5OS/c1-10(2)14-13(15(22)18-16-17-8-9-23-16)19-20-21(14)12-6-4-11(3)5-7-12/h4-10H,1-3H3,(H,17,18,22). The van der Waals surface area contributed by atoms with Gasteiger partial charge < -0.3 is 0 Å². The molecule has 2 heterocycles. The zero-order valence-corrected chi connectivity index (χ0v) is 14.0. The molecule has 6 nitrogen and oxygen atoms in total. The zero-order valence-electron chi connectivity index (χ0n) is 13.1. The molecule has 7 heteroatoms. The molecule has 0 atom stereocenters. The number of hydrogen-bond acceptors (Lipinski definition) is 5. The number of amides is 1. The van der Waals surface area contributed by atoms with Crippen LogP contribution in [-0.2, 0) is 0 Å². The molecule has 0 radical (unpaired) electrons. The molecule has 0 fully saturated rings. The van der Waals surface area contributed by atoms with Crippen molar-refractivity contribution in [3.8, 4) is 5.69 Å². The third kappa shape index (κ3) is 3.14. The predicted octanol–water partition coefficient (Wildman–Crippen LogP) is 3.41. The average molecular weight is 327 g/mol. The zero-order chi connectivity index (χ0) is 16.4. The molecule has 118 valence electrons. The molecular formula is C16H17N5OS. The number of thiazole rings is 1. The quantitative estimate of drug-likeness (QED) is 0.797. The van der Waals surface area contributed by atoms with Crippen LogP contribution in [0.2, 0.25) is 0 Å². The first-order valence-corrected chi connectivity index (χ1v) is 8.17. The van der Waals surface area contributed by atoms with Crippen LogP contribution in [0.15, 0.2) is 35.8 Å². The van der Waals surface area contributed by atoms with Gasteiger partial charge in [-0.15, -0.1) is 16.4 Å². The van der Waals surface area contributed by atoms with E-state index in [1.165, 1.54) is 16.9 Å². The van der Waals surface area contributed by atoms with E-state index in [-0.39, 0.29) is 11.8 Å². The summed E-state index contributed by atoms with van der Waals surface area (Å²) in [5.74, 6) is -0.189. The number of rotatable bonds is 4. The van der Waals surface area contributed by atoms with E-state index in [1.807, 2.05) is 50.4 Å². The molecule has 1 aromatic carbocycles. The summed E-state index contributed by atoms with van der Waals surface area (Å²) in [7, 11) is 0. The maximum Gasteiger partial charge on any atom is 0.279 e. The lowest BCUT2D eigenvalue weighted by Gasteiger charge is -2.11. The number of nitrogens with zero attached hydrogens (tertiary/aromatic N) is 4. The number of aryl methyl sites for hydroxylation is 1. The summed E-state index contributed by atoms with van der Waals surface area (Å²) in [5.41, 5.74) is 3.17. The van der Waals surface area contributed by atoms with Gasteiger partial charge in [-0.1, -0.05) is 36.8 Å². The molecule has 0 aliphatic rings. The molecule has 0 saturated heterocycles. The second kappa shape index (κ2) is 6.29. The number of nitrogens with one attached hydrogen (secondary N) is 1. The molecule has 3 aromatic rings. The van der Waals surface area contributed by atoms with E-state index in [0.717, 1.165) is 11.4 Å². The van der Waals surface area contributed by atoms with Crippen LogP contribution in [-0.4, -0.2) is 25.9 Å². The third-order valence-electron chi connectivity index (χ3n) is 3.40. The van der Waals surface area contributed by atoms with Crippen LogP contribution in [0.3, 0.4) is 0 Å². The van der Waals surface area contributed by atoms with E-state index in [9.17, 15) is 4.79 Å². The van der Waals surface area contributed by atoms with E-state index >= 15 is 0 Å². The Labute approximate surface area is 138 Å².